The summed E-state index contributed by atoms with van der Waals surface area (Å²) in [7, 11) is 4.02. The van der Waals surface area contributed by atoms with E-state index in [9.17, 15) is 4.79 Å². The smallest absolute Gasteiger partial charge is 0.269 e. The second-order valence-electron chi connectivity index (χ2n) is 7.08. The van der Waals surface area contributed by atoms with Crippen LogP contribution >= 0.6 is 11.6 Å². The third-order valence-electron chi connectivity index (χ3n) is 4.60. The summed E-state index contributed by atoms with van der Waals surface area (Å²) in [6.07, 6.45) is 5.59. The van der Waals surface area contributed by atoms with Gasteiger partial charge in [-0.2, -0.15) is 4.98 Å². The summed E-state index contributed by atoms with van der Waals surface area (Å²) in [6.45, 7) is 0.825. The Kier molecular flexibility index (Phi) is 6.13. The number of amides is 1. The average Bonchev–Trinajstić information content (AvgIpc) is 3.16. The fourth-order valence-electron chi connectivity index (χ4n) is 3.32. The third kappa shape index (κ3) is 4.87. The largest absolute Gasteiger partial charge is 0.368 e. The first-order valence-electron chi connectivity index (χ1n) is 9.06. The zero-order valence-corrected chi connectivity index (χ0v) is 16.4. The lowest BCUT2D eigenvalue weighted by atomic mass is 10.1. The van der Waals surface area contributed by atoms with Crippen molar-refractivity contribution in [1.29, 1.82) is 0 Å². The highest BCUT2D eigenvalue weighted by molar-refractivity contribution is 6.32. The first-order valence-corrected chi connectivity index (χ1v) is 9.43. The van der Waals surface area contributed by atoms with E-state index in [1.165, 1.54) is 6.20 Å². The molecule has 8 heteroatoms. The predicted molar refractivity (Wildman–Crippen MR) is 107 cm³/mol. The molecule has 1 aromatic heterocycles. The highest BCUT2D eigenvalue weighted by Crippen LogP contribution is 2.30. The van der Waals surface area contributed by atoms with Crippen molar-refractivity contribution < 1.29 is 4.79 Å². The van der Waals surface area contributed by atoms with Crippen molar-refractivity contribution in [1.82, 2.24) is 20.3 Å². The van der Waals surface area contributed by atoms with E-state index in [0.717, 1.165) is 37.8 Å². The lowest BCUT2D eigenvalue weighted by Crippen LogP contribution is -2.48. The lowest BCUT2D eigenvalue weighted by molar-refractivity contribution is 0.0944. The van der Waals surface area contributed by atoms with Crippen molar-refractivity contribution in [2.45, 2.75) is 38.3 Å². The Labute approximate surface area is 164 Å². The molecule has 1 aromatic carbocycles. The molecule has 0 radical (unpaired) electrons. The summed E-state index contributed by atoms with van der Waals surface area (Å²) < 4.78 is 0. The molecule has 2 aromatic rings. The second kappa shape index (κ2) is 8.54. The topological polar surface area (TPSA) is 87.4 Å². The van der Waals surface area contributed by atoms with Crippen molar-refractivity contribution in [3.8, 4) is 0 Å². The molecular formula is C19H25ClN6O. The van der Waals surface area contributed by atoms with Crippen LogP contribution in [0.15, 0.2) is 30.5 Å². The number of carbonyl (C=O) groups excluding carboxylic acids is 1. The summed E-state index contributed by atoms with van der Waals surface area (Å²) in [5.74, 6) is 0.361. The van der Waals surface area contributed by atoms with Crippen LogP contribution in [-0.2, 0) is 6.54 Å². The van der Waals surface area contributed by atoms with Crippen LogP contribution in [0.5, 0.6) is 0 Å². The van der Waals surface area contributed by atoms with Crippen LogP contribution in [0, 0.1) is 0 Å². The summed E-state index contributed by atoms with van der Waals surface area (Å²) in [6, 6.07) is 7.72. The number of hydrogen-bond acceptors (Lipinski definition) is 6. The molecule has 3 N–H and O–H groups in total. The molecule has 0 saturated heterocycles. The predicted octanol–water partition coefficient (Wildman–Crippen LogP) is 2.87. The minimum atomic E-state index is -0.202. The van der Waals surface area contributed by atoms with Crippen LogP contribution in [0.3, 0.4) is 0 Å². The molecule has 0 unspecified atom stereocenters. The van der Waals surface area contributed by atoms with Gasteiger partial charge in [0.05, 0.1) is 12.2 Å². The molecule has 0 spiro atoms. The number of hydrazine groups is 1. The number of nitrogens with two attached hydrogens (primary N) is 1. The van der Waals surface area contributed by atoms with E-state index in [2.05, 4.69) is 20.3 Å². The van der Waals surface area contributed by atoms with E-state index in [-0.39, 0.29) is 17.9 Å². The minimum Gasteiger partial charge on any atom is -0.368 e. The van der Waals surface area contributed by atoms with E-state index in [4.69, 9.17) is 17.3 Å². The molecule has 3 rings (SSSR count). The monoisotopic (exact) mass is 388 g/mol. The van der Waals surface area contributed by atoms with E-state index >= 15 is 0 Å². The molecular weight excluding hydrogens is 364 g/mol. The second-order valence-corrected chi connectivity index (χ2v) is 7.49. The number of rotatable bonds is 6. The van der Waals surface area contributed by atoms with Crippen LogP contribution in [0.25, 0.3) is 0 Å². The summed E-state index contributed by atoms with van der Waals surface area (Å²) in [5.41, 5.74) is 10.4. The van der Waals surface area contributed by atoms with Crippen LogP contribution in [0.2, 0.25) is 5.02 Å². The number of nitrogen functional groups attached to an aromatic ring is 1. The third-order valence-corrected chi connectivity index (χ3v) is 4.87. The van der Waals surface area contributed by atoms with Crippen LogP contribution in [0.1, 0.15) is 41.6 Å². The SMILES string of the molecule is CN(C)Cc1ccc(C(=O)NN(c2nc(N)ncc2Cl)C2CCCC2)cc1. The van der Waals surface area contributed by atoms with Gasteiger partial charge in [0.15, 0.2) is 5.82 Å². The minimum absolute atomic E-state index is 0.125. The molecule has 0 bridgehead atoms. The normalized spacial score (nSPS) is 14.5. The van der Waals surface area contributed by atoms with Gasteiger partial charge in [-0.1, -0.05) is 36.6 Å². The van der Waals surface area contributed by atoms with Gasteiger partial charge in [-0.05, 0) is 44.6 Å². The first kappa shape index (κ1) is 19.4. The highest BCUT2D eigenvalue weighted by atomic mass is 35.5. The number of carbonyl (C=O) groups is 1. The fourth-order valence-corrected chi connectivity index (χ4v) is 3.50. The highest BCUT2D eigenvalue weighted by Gasteiger charge is 2.27. The van der Waals surface area contributed by atoms with E-state index in [0.29, 0.717) is 16.4 Å². The Morgan fingerprint density at radius 2 is 1.93 bits per heavy atom. The summed E-state index contributed by atoms with van der Waals surface area (Å²) in [4.78, 5) is 23.1. The Morgan fingerprint density at radius 1 is 1.26 bits per heavy atom. The van der Waals surface area contributed by atoms with Gasteiger partial charge in [0.1, 0.15) is 5.02 Å². The number of halogens is 1. The maximum atomic E-state index is 12.8. The number of hydrogen-bond donors (Lipinski definition) is 2. The van der Waals surface area contributed by atoms with Crippen LogP contribution in [0.4, 0.5) is 11.8 Å². The van der Waals surface area contributed by atoms with Crippen molar-refractivity contribution in [2.24, 2.45) is 0 Å². The molecule has 27 heavy (non-hydrogen) atoms. The van der Waals surface area contributed by atoms with Crippen molar-refractivity contribution in [3.63, 3.8) is 0 Å². The maximum Gasteiger partial charge on any atom is 0.269 e. The van der Waals surface area contributed by atoms with Crippen molar-refractivity contribution in [3.05, 3.63) is 46.6 Å². The van der Waals surface area contributed by atoms with Crippen LogP contribution < -0.4 is 16.2 Å². The molecule has 144 valence electrons. The first-order chi connectivity index (χ1) is 12.9. The van der Waals surface area contributed by atoms with Crippen LogP contribution in [-0.4, -0.2) is 40.9 Å². The number of nitrogens with zero attached hydrogens (tertiary/aromatic N) is 4. The van der Waals surface area contributed by atoms with E-state index in [1.807, 2.05) is 38.4 Å². The van der Waals surface area contributed by atoms with Gasteiger partial charge in [-0.3, -0.25) is 15.2 Å². The average molecular weight is 389 g/mol. The Bertz CT molecular complexity index is 789. The van der Waals surface area contributed by atoms with Gasteiger partial charge in [0.2, 0.25) is 5.95 Å². The molecule has 1 saturated carbocycles. The van der Waals surface area contributed by atoms with Gasteiger partial charge < -0.3 is 10.6 Å². The quantitative estimate of drug-likeness (QED) is 0.740. The fraction of sp³-hybridized carbons (Fsp3) is 0.421. The van der Waals surface area contributed by atoms with Gasteiger partial charge in [0.25, 0.3) is 5.91 Å². The van der Waals surface area contributed by atoms with Gasteiger partial charge in [-0.15, -0.1) is 0 Å². The van der Waals surface area contributed by atoms with Crippen molar-refractivity contribution in [2.75, 3.05) is 24.8 Å². The molecule has 1 amide bonds. The van der Waals surface area contributed by atoms with Gasteiger partial charge in [-0.25, -0.2) is 4.98 Å². The maximum absolute atomic E-state index is 12.8. The standard InChI is InChI=1S/C19H25ClN6O/c1-25(2)12-13-7-9-14(10-8-13)18(27)24-26(15-5-3-4-6-15)17-16(20)11-22-19(21)23-17/h7-11,15H,3-6,12H2,1-2H3,(H,24,27)(H2,21,22,23). The van der Waals surface area contributed by atoms with Gasteiger partial charge >= 0.3 is 0 Å². The molecule has 1 aliphatic carbocycles. The van der Waals surface area contributed by atoms with Gasteiger partial charge in [0, 0.05) is 12.1 Å². The van der Waals surface area contributed by atoms with Crippen molar-refractivity contribution >= 4 is 29.3 Å². The van der Waals surface area contributed by atoms with E-state index < -0.39 is 0 Å². The zero-order chi connectivity index (χ0) is 19.4. The molecule has 0 aliphatic heterocycles. The van der Waals surface area contributed by atoms with E-state index in [1.54, 1.807) is 5.01 Å². The Balaban J connectivity index is 1.81. The lowest BCUT2D eigenvalue weighted by Gasteiger charge is -2.30. The Hall–Kier alpha value is -2.38. The molecule has 0 atom stereocenters. The summed E-state index contributed by atoms with van der Waals surface area (Å²) >= 11 is 6.29. The molecule has 1 aliphatic rings. The number of nitrogens with one attached hydrogen (secondary N) is 1. The molecule has 1 heterocycles. The molecule has 1 fully saturated rings. The Morgan fingerprint density at radius 3 is 2.56 bits per heavy atom. The number of aromatic nitrogens is 2. The summed E-state index contributed by atoms with van der Waals surface area (Å²) in [5, 5.41) is 2.11. The molecule has 7 nitrogen and oxygen atoms in total. The number of benzene rings is 1. The number of anilines is 2. The zero-order valence-electron chi connectivity index (χ0n) is 15.7.